The molecule has 1 heterocycles. The van der Waals surface area contributed by atoms with Gasteiger partial charge in [0.25, 0.3) is 0 Å². The smallest absolute Gasteiger partial charge is 0.160 e. The van der Waals surface area contributed by atoms with Crippen molar-refractivity contribution in [3.63, 3.8) is 0 Å². The third-order valence-electron chi connectivity index (χ3n) is 2.85. The first-order valence-corrected chi connectivity index (χ1v) is 6.86. The van der Waals surface area contributed by atoms with Crippen LogP contribution in [0.15, 0.2) is 59.1 Å². The van der Waals surface area contributed by atoms with Crippen LogP contribution in [0.25, 0.3) is 11.3 Å². The van der Waals surface area contributed by atoms with Crippen molar-refractivity contribution in [2.24, 2.45) is 0 Å². The van der Waals surface area contributed by atoms with E-state index in [0.717, 1.165) is 27.2 Å². The maximum Gasteiger partial charge on any atom is 0.160 e. The predicted octanol–water partition coefficient (Wildman–Crippen LogP) is 4.21. The summed E-state index contributed by atoms with van der Waals surface area (Å²) in [6.45, 7) is 0. The zero-order chi connectivity index (χ0) is 13.9. The fourth-order valence-electron chi connectivity index (χ4n) is 1.85. The van der Waals surface area contributed by atoms with E-state index in [1.807, 2.05) is 54.6 Å². The molecule has 0 amide bonds. The number of hydrogen-bond acceptors (Lipinski definition) is 3. The molecule has 1 aromatic heterocycles. The molecule has 0 saturated carbocycles. The molecule has 3 rings (SSSR count). The van der Waals surface area contributed by atoms with E-state index in [2.05, 4.69) is 26.1 Å². The molecular formula is C15H12BrN3O. The number of aromatic nitrogens is 2. The highest BCUT2D eigenvalue weighted by Crippen LogP contribution is 2.31. The van der Waals surface area contributed by atoms with Crippen molar-refractivity contribution in [3.8, 4) is 22.8 Å². The number of halogens is 1. The van der Waals surface area contributed by atoms with Crippen molar-refractivity contribution in [2.45, 2.75) is 0 Å². The van der Waals surface area contributed by atoms with Gasteiger partial charge < -0.3 is 10.5 Å². The van der Waals surface area contributed by atoms with E-state index in [0.29, 0.717) is 5.82 Å². The van der Waals surface area contributed by atoms with Crippen LogP contribution in [-0.4, -0.2) is 10.2 Å². The lowest BCUT2D eigenvalue weighted by molar-refractivity contribution is 0.483. The first-order valence-electron chi connectivity index (χ1n) is 6.07. The van der Waals surface area contributed by atoms with E-state index in [1.165, 1.54) is 0 Å². The molecule has 3 N–H and O–H groups in total. The molecule has 3 aromatic rings. The van der Waals surface area contributed by atoms with Crippen LogP contribution < -0.4 is 10.5 Å². The Morgan fingerprint density at radius 2 is 1.60 bits per heavy atom. The molecular weight excluding hydrogens is 318 g/mol. The molecule has 0 aliphatic carbocycles. The number of ether oxygens (including phenoxy) is 1. The van der Waals surface area contributed by atoms with E-state index >= 15 is 0 Å². The highest BCUT2D eigenvalue weighted by Gasteiger charge is 2.09. The van der Waals surface area contributed by atoms with Gasteiger partial charge in [-0.15, -0.1) is 0 Å². The molecule has 20 heavy (non-hydrogen) atoms. The molecule has 0 saturated heterocycles. The standard InChI is InChI=1S/C15H12BrN3O/c16-13-14(18-19-15(13)17)10-6-8-12(9-7-10)20-11-4-2-1-3-5-11/h1-9H,(H3,17,18,19). The van der Waals surface area contributed by atoms with Crippen LogP contribution in [0.1, 0.15) is 0 Å². The van der Waals surface area contributed by atoms with Gasteiger partial charge in [-0.25, -0.2) is 0 Å². The predicted molar refractivity (Wildman–Crippen MR) is 82.7 cm³/mol. The van der Waals surface area contributed by atoms with Gasteiger partial charge in [0, 0.05) is 5.56 Å². The second kappa shape index (κ2) is 5.38. The van der Waals surface area contributed by atoms with Crippen LogP contribution in [-0.2, 0) is 0 Å². The highest BCUT2D eigenvalue weighted by molar-refractivity contribution is 9.10. The Hall–Kier alpha value is -2.27. The Morgan fingerprint density at radius 1 is 0.950 bits per heavy atom. The average molecular weight is 330 g/mol. The molecule has 0 radical (unpaired) electrons. The minimum Gasteiger partial charge on any atom is -0.457 e. The molecule has 0 atom stereocenters. The van der Waals surface area contributed by atoms with Gasteiger partial charge >= 0.3 is 0 Å². The number of nitrogen functional groups attached to an aromatic ring is 1. The van der Waals surface area contributed by atoms with Crippen molar-refractivity contribution in [2.75, 3.05) is 5.73 Å². The summed E-state index contributed by atoms with van der Waals surface area (Å²) in [4.78, 5) is 0. The number of benzene rings is 2. The van der Waals surface area contributed by atoms with Gasteiger partial charge in [-0.1, -0.05) is 18.2 Å². The number of anilines is 1. The van der Waals surface area contributed by atoms with Crippen LogP contribution in [0.2, 0.25) is 0 Å². The molecule has 0 aliphatic rings. The van der Waals surface area contributed by atoms with Crippen LogP contribution in [0.3, 0.4) is 0 Å². The normalized spacial score (nSPS) is 10.4. The van der Waals surface area contributed by atoms with Gasteiger partial charge in [-0.05, 0) is 52.3 Å². The molecule has 5 heteroatoms. The Labute approximate surface area is 124 Å². The van der Waals surface area contributed by atoms with E-state index in [9.17, 15) is 0 Å². The number of H-pyrrole nitrogens is 1. The van der Waals surface area contributed by atoms with Crippen molar-refractivity contribution >= 4 is 21.7 Å². The third kappa shape index (κ3) is 2.53. The largest absolute Gasteiger partial charge is 0.457 e. The summed E-state index contributed by atoms with van der Waals surface area (Å²) < 4.78 is 6.51. The summed E-state index contributed by atoms with van der Waals surface area (Å²) >= 11 is 3.41. The van der Waals surface area contributed by atoms with E-state index < -0.39 is 0 Å². The molecule has 100 valence electrons. The quantitative estimate of drug-likeness (QED) is 0.756. The van der Waals surface area contributed by atoms with Crippen LogP contribution in [0.5, 0.6) is 11.5 Å². The fraction of sp³-hybridized carbons (Fsp3) is 0. The molecule has 0 spiro atoms. The Bertz CT molecular complexity index is 708. The second-order valence-corrected chi connectivity index (χ2v) is 5.03. The highest BCUT2D eigenvalue weighted by atomic mass is 79.9. The minimum atomic E-state index is 0.449. The van der Waals surface area contributed by atoms with E-state index in [1.54, 1.807) is 0 Å². The molecule has 0 aliphatic heterocycles. The van der Waals surface area contributed by atoms with Gasteiger partial charge in [0.05, 0.1) is 10.2 Å². The topological polar surface area (TPSA) is 63.9 Å². The lowest BCUT2D eigenvalue weighted by atomic mass is 10.1. The first kappa shape index (κ1) is 12.7. The van der Waals surface area contributed by atoms with Crippen LogP contribution in [0.4, 0.5) is 5.82 Å². The van der Waals surface area contributed by atoms with Gasteiger partial charge in [0.2, 0.25) is 0 Å². The first-order chi connectivity index (χ1) is 9.74. The zero-order valence-electron chi connectivity index (χ0n) is 10.5. The number of nitrogens with zero attached hydrogens (tertiary/aromatic N) is 1. The van der Waals surface area contributed by atoms with Crippen LogP contribution >= 0.6 is 15.9 Å². The Morgan fingerprint density at radius 3 is 2.20 bits per heavy atom. The van der Waals surface area contributed by atoms with E-state index in [4.69, 9.17) is 10.5 Å². The summed E-state index contributed by atoms with van der Waals surface area (Å²) in [5.74, 6) is 2.04. The molecule has 0 bridgehead atoms. The molecule has 0 fully saturated rings. The van der Waals surface area contributed by atoms with Crippen molar-refractivity contribution in [1.82, 2.24) is 10.2 Å². The van der Waals surface area contributed by atoms with Gasteiger partial charge in [0.1, 0.15) is 11.5 Å². The zero-order valence-corrected chi connectivity index (χ0v) is 12.1. The van der Waals surface area contributed by atoms with Gasteiger partial charge in [-0.2, -0.15) is 5.10 Å². The van der Waals surface area contributed by atoms with Crippen molar-refractivity contribution in [3.05, 3.63) is 59.1 Å². The number of nitrogens with one attached hydrogen (secondary N) is 1. The van der Waals surface area contributed by atoms with Crippen molar-refractivity contribution in [1.29, 1.82) is 0 Å². The summed E-state index contributed by atoms with van der Waals surface area (Å²) in [5, 5.41) is 6.85. The van der Waals surface area contributed by atoms with Gasteiger partial charge in [-0.3, -0.25) is 5.10 Å². The van der Waals surface area contributed by atoms with Crippen LogP contribution in [0, 0.1) is 0 Å². The lowest BCUT2D eigenvalue weighted by Crippen LogP contribution is -1.85. The summed E-state index contributed by atoms with van der Waals surface area (Å²) in [6, 6.07) is 17.4. The van der Waals surface area contributed by atoms with Crippen molar-refractivity contribution < 1.29 is 4.74 Å². The number of hydrogen-bond donors (Lipinski definition) is 2. The van der Waals surface area contributed by atoms with Gasteiger partial charge in [0.15, 0.2) is 5.82 Å². The maximum atomic E-state index is 5.74. The molecule has 0 unspecified atom stereocenters. The monoisotopic (exact) mass is 329 g/mol. The fourth-order valence-corrected chi connectivity index (χ4v) is 2.25. The summed E-state index contributed by atoms with van der Waals surface area (Å²) in [7, 11) is 0. The number of nitrogens with two attached hydrogens (primary N) is 1. The summed E-state index contributed by atoms with van der Waals surface area (Å²) in [5.41, 5.74) is 7.54. The number of para-hydroxylation sites is 1. The van der Waals surface area contributed by atoms with E-state index in [-0.39, 0.29) is 0 Å². The maximum absolute atomic E-state index is 5.74. The number of aromatic amines is 1. The lowest BCUT2D eigenvalue weighted by Gasteiger charge is -2.06. The SMILES string of the molecule is Nc1n[nH]c(-c2ccc(Oc3ccccc3)cc2)c1Br. The summed E-state index contributed by atoms with van der Waals surface area (Å²) in [6.07, 6.45) is 0. The third-order valence-corrected chi connectivity index (χ3v) is 3.66. The molecule has 2 aromatic carbocycles. The number of rotatable bonds is 3. The Balaban J connectivity index is 1.83. The minimum absolute atomic E-state index is 0.449. The Kier molecular flexibility index (Phi) is 3.43. The average Bonchev–Trinajstić information content (AvgIpc) is 2.81. The second-order valence-electron chi connectivity index (χ2n) is 4.24. The molecule has 4 nitrogen and oxygen atoms in total.